The van der Waals surface area contributed by atoms with Crippen molar-refractivity contribution in [1.82, 2.24) is 0 Å². The van der Waals surface area contributed by atoms with Gasteiger partial charge >= 0.3 is 0 Å². The first-order valence-electron chi connectivity index (χ1n) is 17.6. The number of fused-ring (bicyclic) bond motifs is 8. The third-order valence-corrected chi connectivity index (χ3v) is 12.1. The van der Waals surface area contributed by atoms with Gasteiger partial charge in [-0.25, -0.2) is 0 Å². The van der Waals surface area contributed by atoms with E-state index < -0.39 is 0 Å². The molecule has 0 unspecified atom stereocenters. The smallest absolute Gasteiger partial charge is 0.248 e. The Bertz CT molecular complexity index is 2660. The molecule has 0 N–H and O–H groups in total. The third-order valence-electron chi connectivity index (χ3n) is 11.0. The second kappa shape index (κ2) is 10.8. The lowest BCUT2D eigenvalue weighted by Crippen LogP contribution is -2.54. The van der Waals surface area contributed by atoms with Crippen LogP contribution in [0, 0.1) is 6.92 Å². The Labute approximate surface area is 298 Å². The Hall–Kier alpha value is -5.38. The highest BCUT2D eigenvalue weighted by Gasteiger charge is 2.43. The van der Waals surface area contributed by atoms with E-state index in [1.54, 1.807) is 0 Å². The standard InChI is InChI=1S/C47H36BNS/c1-29-14-8-9-17-33(29)31-24-38-34-18-10-12-20-39(34)48-40-28-45-37(35-19-11-13-21-44(35)50-45)27-42(40)49(43(25-31)46(38)48)41-23-22-32(47(2,3)4)26-36(41)30-15-6-5-7-16-30/h5-28H,1-4H3. The molecule has 8 aromatic rings. The fraction of sp³-hybridized carbons (Fsp3) is 0.106. The molecule has 50 heavy (non-hydrogen) atoms. The van der Waals surface area contributed by atoms with Crippen LogP contribution in [0.2, 0.25) is 0 Å². The number of benzene rings is 7. The first-order chi connectivity index (χ1) is 24.3. The molecule has 3 heteroatoms. The number of thiophene rings is 1. The summed E-state index contributed by atoms with van der Waals surface area (Å²) in [6, 6.07) is 54.9. The molecule has 1 nitrogen and oxygen atoms in total. The SMILES string of the molecule is Cc1ccccc1-c1cc2c3c(c1)N(c1ccc(C(C)(C)C)cc1-c1ccccc1)c1cc4c(cc1B3c1ccccc1-2)sc1ccccc14. The lowest BCUT2D eigenvalue weighted by atomic mass is 9.37. The van der Waals surface area contributed by atoms with Gasteiger partial charge in [-0.3, -0.25) is 0 Å². The minimum Gasteiger partial charge on any atom is -0.311 e. The van der Waals surface area contributed by atoms with Crippen molar-refractivity contribution in [2.45, 2.75) is 33.1 Å². The van der Waals surface area contributed by atoms with E-state index in [2.05, 4.69) is 178 Å². The van der Waals surface area contributed by atoms with Gasteiger partial charge in [0.2, 0.25) is 6.71 Å². The quantitative estimate of drug-likeness (QED) is 0.171. The molecule has 238 valence electrons. The fourth-order valence-corrected chi connectivity index (χ4v) is 9.65. The number of rotatable bonds is 3. The summed E-state index contributed by atoms with van der Waals surface area (Å²) >= 11 is 1.91. The van der Waals surface area contributed by atoms with Gasteiger partial charge in [0, 0.05) is 37.1 Å². The summed E-state index contributed by atoms with van der Waals surface area (Å²) in [5.74, 6) is 0. The van der Waals surface area contributed by atoms with Crippen molar-refractivity contribution in [3.05, 3.63) is 157 Å². The predicted molar refractivity (Wildman–Crippen MR) is 218 cm³/mol. The highest BCUT2D eigenvalue weighted by atomic mass is 32.1. The highest BCUT2D eigenvalue weighted by Crippen LogP contribution is 2.48. The zero-order valence-electron chi connectivity index (χ0n) is 28.8. The van der Waals surface area contributed by atoms with Crippen LogP contribution < -0.4 is 21.3 Å². The van der Waals surface area contributed by atoms with E-state index in [1.807, 2.05) is 11.3 Å². The summed E-state index contributed by atoms with van der Waals surface area (Å²) < 4.78 is 2.69. The molecule has 0 atom stereocenters. The minimum absolute atomic E-state index is 0.0162. The maximum atomic E-state index is 2.61. The summed E-state index contributed by atoms with van der Waals surface area (Å²) in [6.07, 6.45) is 0. The van der Waals surface area contributed by atoms with E-state index in [1.165, 1.54) is 98.1 Å². The maximum Gasteiger partial charge on any atom is 0.248 e. The average Bonchev–Trinajstić information content (AvgIpc) is 3.67. The van der Waals surface area contributed by atoms with Gasteiger partial charge in [0.05, 0.1) is 5.69 Å². The van der Waals surface area contributed by atoms with E-state index in [0.29, 0.717) is 0 Å². The van der Waals surface area contributed by atoms with Crippen molar-refractivity contribution in [2.24, 2.45) is 0 Å². The Morgan fingerprint density at radius 2 is 1.24 bits per heavy atom. The van der Waals surface area contributed by atoms with Gasteiger partial charge in [0.15, 0.2) is 0 Å². The highest BCUT2D eigenvalue weighted by molar-refractivity contribution is 7.26. The van der Waals surface area contributed by atoms with Crippen LogP contribution in [-0.4, -0.2) is 6.71 Å². The molecule has 2 aliphatic rings. The Morgan fingerprint density at radius 3 is 2.06 bits per heavy atom. The van der Waals surface area contributed by atoms with Crippen molar-refractivity contribution in [3.63, 3.8) is 0 Å². The number of aryl methyl sites for hydroxylation is 1. The number of anilines is 3. The molecule has 0 spiro atoms. The van der Waals surface area contributed by atoms with Crippen LogP contribution in [0.3, 0.4) is 0 Å². The number of hydrogen-bond acceptors (Lipinski definition) is 2. The first-order valence-corrected chi connectivity index (χ1v) is 18.5. The topological polar surface area (TPSA) is 3.24 Å². The molecule has 0 amide bonds. The maximum absolute atomic E-state index is 2.61. The third kappa shape index (κ3) is 4.33. The molecule has 0 bridgehead atoms. The Kier molecular flexibility index (Phi) is 6.39. The van der Waals surface area contributed by atoms with Crippen LogP contribution >= 0.6 is 11.3 Å². The molecule has 10 rings (SSSR count). The van der Waals surface area contributed by atoms with Crippen LogP contribution in [0.25, 0.3) is 53.6 Å². The molecule has 1 aromatic heterocycles. The van der Waals surface area contributed by atoms with Gasteiger partial charge in [0.25, 0.3) is 0 Å². The lowest BCUT2D eigenvalue weighted by molar-refractivity contribution is 0.590. The minimum atomic E-state index is 0.0162. The van der Waals surface area contributed by atoms with E-state index in [-0.39, 0.29) is 12.1 Å². The van der Waals surface area contributed by atoms with E-state index in [0.717, 1.165) is 0 Å². The molecule has 0 aliphatic carbocycles. The van der Waals surface area contributed by atoms with E-state index in [4.69, 9.17) is 0 Å². The monoisotopic (exact) mass is 657 g/mol. The predicted octanol–water partition coefficient (Wildman–Crippen LogP) is 11.3. The van der Waals surface area contributed by atoms with Crippen LogP contribution in [0.1, 0.15) is 31.9 Å². The molecule has 7 aromatic carbocycles. The van der Waals surface area contributed by atoms with E-state index in [9.17, 15) is 0 Å². The van der Waals surface area contributed by atoms with Gasteiger partial charge in [0.1, 0.15) is 0 Å². The molecular formula is C47H36BNS. The van der Waals surface area contributed by atoms with Crippen LogP contribution in [-0.2, 0) is 5.41 Å². The normalized spacial score (nSPS) is 13.1. The summed E-state index contributed by atoms with van der Waals surface area (Å²) in [5.41, 5.74) is 18.3. The molecule has 0 radical (unpaired) electrons. The van der Waals surface area contributed by atoms with Crippen LogP contribution in [0.15, 0.2) is 146 Å². The molecular weight excluding hydrogens is 621 g/mol. The van der Waals surface area contributed by atoms with Gasteiger partial charge in [-0.15, -0.1) is 11.3 Å². The van der Waals surface area contributed by atoms with Gasteiger partial charge in [-0.2, -0.15) is 0 Å². The van der Waals surface area contributed by atoms with Gasteiger partial charge in [-0.1, -0.05) is 129 Å². The summed E-state index contributed by atoms with van der Waals surface area (Å²) in [7, 11) is 0. The average molecular weight is 658 g/mol. The Balaban J connectivity index is 1.36. The van der Waals surface area contributed by atoms with Gasteiger partial charge in [-0.05, 0) is 105 Å². The number of hydrogen-bond donors (Lipinski definition) is 0. The number of nitrogens with zero attached hydrogens (tertiary/aromatic N) is 1. The van der Waals surface area contributed by atoms with Gasteiger partial charge < -0.3 is 4.90 Å². The largest absolute Gasteiger partial charge is 0.311 e. The summed E-state index contributed by atoms with van der Waals surface area (Å²) in [5, 5.41) is 2.65. The van der Waals surface area contributed by atoms with Crippen molar-refractivity contribution >= 4 is 71.7 Å². The zero-order valence-corrected chi connectivity index (χ0v) is 29.6. The first kappa shape index (κ1) is 29.5. The van der Waals surface area contributed by atoms with Crippen LogP contribution in [0.4, 0.5) is 17.1 Å². The van der Waals surface area contributed by atoms with Crippen molar-refractivity contribution in [1.29, 1.82) is 0 Å². The summed E-state index contributed by atoms with van der Waals surface area (Å²) in [6.45, 7) is 9.33. The molecule has 0 saturated heterocycles. The molecule has 0 saturated carbocycles. The lowest BCUT2D eigenvalue weighted by Gasteiger charge is -2.38. The fourth-order valence-electron chi connectivity index (χ4n) is 8.51. The molecule has 3 heterocycles. The van der Waals surface area contributed by atoms with Crippen LogP contribution in [0.5, 0.6) is 0 Å². The van der Waals surface area contributed by atoms with E-state index >= 15 is 0 Å². The zero-order chi connectivity index (χ0) is 33.7. The van der Waals surface area contributed by atoms with Crippen molar-refractivity contribution in [3.8, 4) is 33.4 Å². The van der Waals surface area contributed by atoms with Crippen molar-refractivity contribution < 1.29 is 0 Å². The second-order valence-corrected chi connectivity index (χ2v) is 16.1. The Morgan fingerprint density at radius 1 is 0.500 bits per heavy atom. The molecule has 2 aliphatic heterocycles. The second-order valence-electron chi connectivity index (χ2n) is 15.0. The summed E-state index contributed by atoms with van der Waals surface area (Å²) in [4.78, 5) is 2.61. The molecule has 0 fully saturated rings. The van der Waals surface area contributed by atoms with Crippen molar-refractivity contribution in [2.75, 3.05) is 4.90 Å².